The molecule has 1 aliphatic rings. The number of methoxy groups -OCH3 is 1. The van der Waals surface area contributed by atoms with E-state index in [0.29, 0.717) is 11.3 Å². The minimum absolute atomic E-state index is 0.0319. The van der Waals surface area contributed by atoms with E-state index in [-0.39, 0.29) is 17.9 Å². The molecule has 8 heteroatoms. The van der Waals surface area contributed by atoms with Gasteiger partial charge in [0, 0.05) is 17.8 Å². The number of fused-ring (bicyclic) bond motifs is 1. The molecule has 0 aliphatic heterocycles. The number of esters is 1. The van der Waals surface area contributed by atoms with Crippen LogP contribution in [-0.4, -0.2) is 30.5 Å². The van der Waals surface area contributed by atoms with Crippen LogP contribution in [0.1, 0.15) is 28.7 Å². The minimum Gasteiger partial charge on any atom is -0.490 e. The number of nitro benzene ring substituents is 1. The number of rotatable bonds is 7. The first-order valence-electron chi connectivity index (χ1n) is 9.26. The van der Waals surface area contributed by atoms with Crippen molar-refractivity contribution >= 4 is 23.3 Å². The summed E-state index contributed by atoms with van der Waals surface area (Å²) in [4.78, 5) is 34.7. The first kappa shape index (κ1) is 20.3. The standard InChI is InChI=1S/C21H22N2O6/c1-13-8-18(23(26)27)19(28-2)11-17(13)22-20(24)12-29-21(25)10-14-6-7-15-4-3-5-16(15)9-14/h6-9,11H,3-5,10,12H2,1-2H3,(H,22,24). The lowest BCUT2D eigenvalue weighted by atomic mass is 10.0. The zero-order valence-electron chi connectivity index (χ0n) is 16.3. The highest BCUT2D eigenvalue weighted by atomic mass is 16.6. The van der Waals surface area contributed by atoms with Crippen LogP contribution >= 0.6 is 0 Å². The van der Waals surface area contributed by atoms with Crippen LogP contribution in [0.5, 0.6) is 5.75 Å². The van der Waals surface area contributed by atoms with E-state index in [0.717, 1.165) is 24.8 Å². The van der Waals surface area contributed by atoms with Gasteiger partial charge in [0.2, 0.25) is 0 Å². The van der Waals surface area contributed by atoms with Gasteiger partial charge in [0.25, 0.3) is 5.91 Å². The molecule has 0 atom stereocenters. The normalized spacial score (nSPS) is 12.2. The third-order valence-corrected chi connectivity index (χ3v) is 4.87. The van der Waals surface area contributed by atoms with Crippen LogP contribution in [0.3, 0.4) is 0 Å². The second-order valence-corrected chi connectivity index (χ2v) is 6.94. The van der Waals surface area contributed by atoms with Crippen molar-refractivity contribution in [3.8, 4) is 5.75 Å². The molecule has 1 N–H and O–H groups in total. The number of nitrogens with zero attached hydrogens (tertiary/aromatic N) is 1. The van der Waals surface area contributed by atoms with E-state index in [1.54, 1.807) is 6.92 Å². The summed E-state index contributed by atoms with van der Waals surface area (Å²) in [6.45, 7) is 1.18. The van der Waals surface area contributed by atoms with E-state index in [4.69, 9.17) is 9.47 Å². The largest absolute Gasteiger partial charge is 0.490 e. The fraction of sp³-hybridized carbons (Fsp3) is 0.333. The molecule has 2 aromatic carbocycles. The van der Waals surface area contributed by atoms with Gasteiger partial charge in [0.05, 0.1) is 18.5 Å². The highest BCUT2D eigenvalue weighted by Gasteiger charge is 2.19. The fourth-order valence-electron chi connectivity index (χ4n) is 3.40. The molecule has 0 unspecified atom stereocenters. The number of benzene rings is 2. The van der Waals surface area contributed by atoms with E-state index >= 15 is 0 Å². The van der Waals surface area contributed by atoms with E-state index in [1.165, 1.54) is 30.4 Å². The summed E-state index contributed by atoms with van der Waals surface area (Å²) in [6.07, 6.45) is 3.34. The molecule has 0 heterocycles. The smallest absolute Gasteiger partial charge is 0.311 e. The highest BCUT2D eigenvalue weighted by Crippen LogP contribution is 2.32. The number of carbonyl (C=O) groups excluding carboxylic acids is 2. The molecule has 152 valence electrons. The van der Waals surface area contributed by atoms with Crippen molar-refractivity contribution in [2.45, 2.75) is 32.6 Å². The maximum Gasteiger partial charge on any atom is 0.311 e. The monoisotopic (exact) mass is 398 g/mol. The molecule has 0 fully saturated rings. The average Bonchev–Trinajstić information content (AvgIpc) is 3.15. The molecular weight excluding hydrogens is 376 g/mol. The Balaban J connectivity index is 1.55. The molecule has 29 heavy (non-hydrogen) atoms. The van der Waals surface area contributed by atoms with E-state index in [2.05, 4.69) is 5.32 Å². The van der Waals surface area contributed by atoms with E-state index in [9.17, 15) is 19.7 Å². The van der Waals surface area contributed by atoms with Crippen molar-refractivity contribution < 1.29 is 24.0 Å². The summed E-state index contributed by atoms with van der Waals surface area (Å²) in [5, 5.41) is 13.6. The summed E-state index contributed by atoms with van der Waals surface area (Å²) in [6, 6.07) is 8.67. The number of ether oxygens (including phenoxy) is 2. The lowest BCUT2D eigenvalue weighted by molar-refractivity contribution is -0.385. The first-order chi connectivity index (χ1) is 13.9. The first-order valence-corrected chi connectivity index (χ1v) is 9.26. The summed E-state index contributed by atoms with van der Waals surface area (Å²) in [5.41, 5.74) is 4.13. The molecule has 0 aromatic heterocycles. The Kier molecular flexibility index (Phi) is 6.11. The number of amides is 1. The van der Waals surface area contributed by atoms with Gasteiger partial charge in [-0.15, -0.1) is 0 Å². The third kappa shape index (κ3) is 4.90. The van der Waals surface area contributed by atoms with Crippen LogP contribution in [0.15, 0.2) is 30.3 Å². The van der Waals surface area contributed by atoms with Gasteiger partial charge in [0.1, 0.15) is 0 Å². The molecule has 8 nitrogen and oxygen atoms in total. The van der Waals surface area contributed by atoms with Gasteiger partial charge in [0.15, 0.2) is 12.4 Å². The molecular formula is C21H22N2O6. The lowest BCUT2D eigenvalue weighted by Gasteiger charge is -2.11. The van der Waals surface area contributed by atoms with E-state index < -0.39 is 23.4 Å². The quantitative estimate of drug-likeness (QED) is 0.436. The highest BCUT2D eigenvalue weighted by molar-refractivity contribution is 5.94. The summed E-state index contributed by atoms with van der Waals surface area (Å²) in [5.74, 6) is -0.994. The Morgan fingerprint density at radius 3 is 2.66 bits per heavy atom. The van der Waals surface area contributed by atoms with Gasteiger partial charge in [-0.1, -0.05) is 18.2 Å². The van der Waals surface area contributed by atoms with Crippen LogP contribution in [0.4, 0.5) is 11.4 Å². The second-order valence-electron chi connectivity index (χ2n) is 6.94. The van der Waals surface area contributed by atoms with Crippen molar-refractivity contribution in [3.05, 3.63) is 62.7 Å². The Morgan fingerprint density at radius 1 is 1.17 bits per heavy atom. The van der Waals surface area contributed by atoms with Crippen LogP contribution < -0.4 is 10.1 Å². The van der Waals surface area contributed by atoms with Crippen LogP contribution in [-0.2, 0) is 33.6 Å². The zero-order chi connectivity index (χ0) is 21.0. The van der Waals surface area contributed by atoms with Gasteiger partial charge >= 0.3 is 11.7 Å². The van der Waals surface area contributed by atoms with E-state index in [1.807, 2.05) is 18.2 Å². The van der Waals surface area contributed by atoms with Gasteiger partial charge < -0.3 is 14.8 Å². The zero-order valence-corrected chi connectivity index (χ0v) is 16.3. The number of anilines is 1. The summed E-state index contributed by atoms with van der Waals surface area (Å²) >= 11 is 0. The number of carbonyl (C=O) groups is 2. The number of nitrogens with one attached hydrogen (secondary N) is 1. The van der Waals surface area contributed by atoms with Crippen molar-refractivity contribution in [1.82, 2.24) is 0 Å². The second kappa shape index (κ2) is 8.72. The van der Waals surface area contributed by atoms with Crippen LogP contribution in [0.2, 0.25) is 0 Å². The average molecular weight is 398 g/mol. The predicted molar refractivity (Wildman–Crippen MR) is 106 cm³/mol. The Morgan fingerprint density at radius 2 is 1.93 bits per heavy atom. The number of aryl methyl sites for hydroxylation is 3. The van der Waals surface area contributed by atoms with Crippen molar-refractivity contribution in [1.29, 1.82) is 0 Å². The maximum absolute atomic E-state index is 12.1. The Labute approximate surface area is 168 Å². The van der Waals surface area contributed by atoms with Crippen LogP contribution in [0, 0.1) is 17.0 Å². The topological polar surface area (TPSA) is 108 Å². The molecule has 1 amide bonds. The van der Waals surface area contributed by atoms with Crippen LogP contribution in [0.25, 0.3) is 0 Å². The predicted octanol–water partition coefficient (Wildman–Crippen LogP) is 3.12. The molecule has 3 rings (SSSR count). The minimum atomic E-state index is -0.557. The Bertz CT molecular complexity index is 970. The summed E-state index contributed by atoms with van der Waals surface area (Å²) < 4.78 is 10.1. The molecule has 0 saturated heterocycles. The van der Waals surface area contributed by atoms with Gasteiger partial charge in [-0.05, 0) is 48.4 Å². The number of nitro groups is 1. The van der Waals surface area contributed by atoms with Gasteiger partial charge in [-0.25, -0.2) is 0 Å². The van der Waals surface area contributed by atoms with Gasteiger partial charge in [-0.3, -0.25) is 19.7 Å². The lowest BCUT2D eigenvalue weighted by Crippen LogP contribution is -2.22. The number of hydrogen-bond donors (Lipinski definition) is 1. The molecule has 2 aromatic rings. The third-order valence-electron chi connectivity index (χ3n) is 4.87. The molecule has 0 saturated carbocycles. The number of hydrogen-bond acceptors (Lipinski definition) is 6. The van der Waals surface area contributed by atoms with Crippen molar-refractivity contribution in [2.75, 3.05) is 19.0 Å². The maximum atomic E-state index is 12.1. The summed E-state index contributed by atoms with van der Waals surface area (Å²) in [7, 11) is 1.31. The molecule has 0 bridgehead atoms. The van der Waals surface area contributed by atoms with Crippen molar-refractivity contribution in [2.24, 2.45) is 0 Å². The Hall–Kier alpha value is -3.42. The molecule has 1 aliphatic carbocycles. The molecule has 0 radical (unpaired) electrons. The molecule has 0 spiro atoms. The SMILES string of the molecule is COc1cc(NC(=O)COC(=O)Cc2ccc3c(c2)CCC3)c(C)cc1[N+](=O)[O-]. The van der Waals surface area contributed by atoms with Crippen molar-refractivity contribution in [3.63, 3.8) is 0 Å². The van der Waals surface area contributed by atoms with Gasteiger partial charge in [-0.2, -0.15) is 0 Å². The fourth-order valence-corrected chi connectivity index (χ4v) is 3.40.